The van der Waals surface area contributed by atoms with E-state index in [1.807, 2.05) is 44.2 Å². The van der Waals surface area contributed by atoms with Crippen LogP contribution in [0.5, 0.6) is 5.75 Å². The van der Waals surface area contributed by atoms with E-state index in [4.69, 9.17) is 4.42 Å². The molecule has 2 aromatic carbocycles. The minimum Gasteiger partial charge on any atom is -0.507 e. The van der Waals surface area contributed by atoms with Crippen LogP contribution in [-0.4, -0.2) is 35.4 Å². The summed E-state index contributed by atoms with van der Waals surface area (Å²) in [6.07, 6.45) is 0. The average molecular weight is 393 g/mol. The normalized spacial score (nSPS) is 13.5. The SMILES string of the molecule is CCN(CC)C[C@H](C(C)=O)[C@@H](c1ccccc1)c1c(O)c2ccccc2oc1=O. The number of rotatable bonds is 8. The highest BCUT2D eigenvalue weighted by atomic mass is 16.4. The van der Waals surface area contributed by atoms with Gasteiger partial charge in [0.05, 0.1) is 10.9 Å². The predicted octanol–water partition coefficient (Wildman–Crippen LogP) is 4.18. The molecule has 3 aromatic rings. The highest BCUT2D eigenvalue weighted by Gasteiger charge is 2.35. The summed E-state index contributed by atoms with van der Waals surface area (Å²) in [4.78, 5) is 27.9. The Morgan fingerprint density at radius 3 is 2.28 bits per heavy atom. The van der Waals surface area contributed by atoms with Gasteiger partial charge in [0.1, 0.15) is 17.1 Å². The van der Waals surface area contributed by atoms with E-state index in [-0.39, 0.29) is 17.1 Å². The number of carbonyl (C=O) groups is 1. The summed E-state index contributed by atoms with van der Waals surface area (Å²) in [5.74, 6) is -1.24. The molecule has 0 unspecified atom stereocenters. The van der Waals surface area contributed by atoms with E-state index in [0.29, 0.717) is 17.5 Å². The summed E-state index contributed by atoms with van der Waals surface area (Å²) in [6.45, 7) is 7.71. The Bertz CT molecular complexity index is 1040. The van der Waals surface area contributed by atoms with Crippen LogP contribution < -0.4 is 5.63 Å². The number of nitrogens with zero attached hydrogens (tertiary/aromatic N) is 1. The number of ketones is 1. The van der Waals surface area contributed by atoms with Crippen LogP contribution in [0.3, 0.4) is 0 Å². The molecule has 29 heavy (non-hydrogen) atoms. The molecule has 5 nitrogen and oxygen atoms in total. The van der Waals surface area contributed by atoms with Gasteiger partial charge in [-0.2, -0.15) is 0 Å². The maximum Gasteiger partial charge on any atom is 0.343 e. The number of Topliss-reactive ketones (excluding diaryl/α,β-unsaturated/α-hetero) is 1. The first kappa shape index (κ1) is 20.8. The van der Waals surface area contributed by atoms with Crippen LogP contribution in [0, 0.1) is 5.92 Å². The minimum atomic E-state index is -0.610. The Morgan fingerprint density at radius 1 is 1.03 bits per heavy atom. The highest BCUT2D eigenvalue weighted by molar-refractivity contribution is 5.85. The smallest absolute Gasteiger partial charge is 0.343 e. The fraction of sp³-hybridized carbons (Fsp3) is 0.333. The summed E-state index contributed by atoms with van der Waals surface area (Å²) < 4.78 is 5.52. The number of para-hydroxylation sites is 1. The maximum atomic E-state index is 13.0. The van der Waals surface area contributed by atoms with Gasteiger partial charge in [-0.05, 0) is 37.7 Å². The molecule has 152 valence electrons. The van der Waals surface area contributed by atoms with Gasteiger partial charge < -0.3 is 14.4 Å². The standard InChI is InChI=1S/C24H27NO4/c1-4-25(5-2)15-19(16(3)26)21(17-11-7-6-8-12-17)22-23(27)18-13-9-10-14-20(18)29-24(22)28/h6-14,19,21,27H,4-5,15H2,1-3H3/t19-,21-/m1/s1. The molecule has 0 aliphatic carbocycles. The van der Waals surface area contributed by atoms with Gasteiger partial charge in [-0.3, -0.25) is 4.79 Å². The van der Waals surface area contributed by atoms with E-state index >= 15 is 0 Å². The molecule has 3 rings (SSSR count). The number of benzene rings is 2. The van der Waals surface area contributed by atoms with Crippen LogP contribution in [0.15, 0.2) is 63.8 Å². The van der Waals surface area contributed by atoms with Gasteiger partial charge in [-0.1, -0.05) is 56.3 Å². The van der Waals surface area contributed by atoms with Crippen LogP contribution in [0.25, 0.3) is 11.0 Å². The molecule has 0 aliphatic rings. The van der Waals surface area contributed by atoms with Crippen molar-refractivity contribution in [2.24, 2.45) is 5.92 Å². The summed E-state index contributed by atoms with van der Waals surface area (Å²) >= 11 is 0. The first-order valence-electron chi connectivity index (χ1n) is 10.00. The van der Waals surface area contributed by atoms with Gasteiger partial charge in [-0.25, -0.2) is 4.79 Å². The summed E-state index contributed by atoms with van der Waals surface area (Å²) in [7, 11) is 0. The number of fused-ring (bicyclic) bond motifs is 1. The average Bonchev–Trinajstić information content (AvgIpc) is 2.73. The summed E-state index contributed by atoms with van der Waals surface area (Å²) in [5, 5.41) is 11.5. The third-order valence-corrected chi connectivity index (χ3v) is 5.56. The van der Waals surface area contributed by atoms with Crippen LogP contribution in [0.2, 0.25) is 0 Å². The zero-order chi connectivity index (χ0) is 21.0. The Morgan fingerprint density at radius 2 is 1.66 bits per heavy atom. The summed E-state index contributed by atoms with van der Waals surface area (Å²) in [5.41, 5.74) is 0.662. The van der Waals surface area contributed by atoms with Gasteiger partial charge in [0.25, 0.3) is 0 Å². The molecule has 1 heterocycles. The molecule has 1 N–H and O–H groups in total. The van der Waals surface area contributed by atoms with Crippen LogP contribution in [0.4, 0.5) is 0 Å². The van der Waals surface area contributed by atoms with E-state index in [2.05, 4.69) is 4.90 Å². The fourth-order valence-corrected chi connectivity index (χ4v) is 3.91. The van der Waals surface area contributed by atoms with Crippen molar-refractivity contribution < 1.29 is 14.3 Å². The third kappa shape index (κ3) is 4.25. The monoisotopic (exact) mass is 393 g/mol. The van der Waals surface area contributed by atoms with Crippen molar-refractivity contribution in [2.45, 2.75) is 26.7 Å². The van der Waals surface area contributed by atoms with E-state index in [1.165, 1.54) is 0 Å². The number of hydrogen-bond acceptors (Lipinski definition) is 5. The predicted molar refractivity (Wildman–Crippen MR) is 114 cm³/mol. The lowest BCUT2D eigenvalue weighted by Gasteiger charge is -2.30. The van der Waals surface area contributed by atoms with E-state index in [0.717, 1.165) is 18.7 Å². The quantitative estimate of drug-likeness (QED) is 0.582. The molecule has 0 spiro atoms. The Kier molecular flexibility index (Phi) is 6.49. The molecule has 5 heteroatoms. The molecule has 0 aliphatic heterocycles. The van der Waals surface area contributed by atoms with E-state index in [9.17, 15) is 14.7 Å². The summed E-state index contributed by atoms with van der Waals surface area (Å²) in [6, 6.07) is 16.3. The Hall–Kier alpha value is -2.92. The van der Waals surface area contributed by atoms with Gasteiger partial charge >= 0.3 is 5.63 Å². The van der Waals surface area contributed by atoms with E-state index < -0.39 is 17.5 Å². The molecule has 2 atom stereocenters. The molecule has 0 saturated heterocycles. The van der Waals surface area contributed by atoms with E-state index in [1.54, 1.807) is 31.2 Å². The lowest BCUT2D eigenvalue weighted by atomic mass is 9.78. The van der Waals surface area contributed by atoms with Crippen molar-refractivity contribution in [1.29, 1.82) is 0 Å². The van der Waals surface area contributed by atoms with Gasteiger partial charge in [-0.15, -0.1) is 0 Å². The maximum absolute atomic E-state index is 13.0. The lowest BCUT2D eigenvalue weighted by Crippen LogP contribution is -2.37. The topological polar surface area (TPSA) is 70.8 Å². The highest BCUT2D eigenvalue weighted by Crippen LogP contribution is 2.39. The number of aromatic hydroxyl groups is 1. The molecular weight excluding hydrogens is 366 g/mol. The molecule has 0 saturated carbocycles. The Balaban J connectivity index is 2.25. The van der Waals surface area contributed by atoms with Crippen molar-refractivity contribution in [3.8, 4) is 5.75 Å². The fourth-order valence-electron chi connectivity index (χ4n) is 3.91. The van der Waals surface area contributed by atoms with Crippen molar-refractivity contribution >= 4 is 16.8 Å². The van der Waals surface area contributed by atoms with Gasteiger partial charge in [0, 0.05) is 18.4 Å². The lowest BCUT2D eigenvalue weighted by molar-refractivity contribution is -0.121. The second-order valence-corrected chi connectivity index (χ2v) is 7.24. The molecule has 0 bridgehead atoms. The van der Waals surface area contributed by atoms with Crippen LogP contribution in [-0.2, 0) is 4.79 Å². The number of hydrogen-bond donors (Lipinski definition) is 1. The minimum absolute atomic E-state index is 0.0299. The first-order chi connectivity index (χ1) is 14.0. The molecular formula is C24H27NO4. The zero-order valence-corrected chi connectivity index (χ0v) is 17.1. The van der Waals surface area contributed by atoms with Crippen LogP contribution in [0.1, 0.15) is 37.8 Å². The van der Waals surface area contributed by atoms with Crippen molar-refractivity contribution in [3.63, 3.8) is 0 Å². The van der Waals surface area contributed by atoms with Gasteiger partial charge in [0.2, 0.25) is 0 Å². The van der Waals surface area contributed by atoms with Crippen molar-refractivity contribution in [3.05, 3.63) is 76.1 Å². The number of carbonyl (C=O) groups excluding carboxylic acids is 1. The molecule has 0 radical (unpaired) electrons. The molecule has 1 aromatic heterocycles. The zero-order valence-electron chi connectivity index (χ0n) is 17.1. The first-order valence-corrected chi connectivity index (χ1v) is 10.00. The second kappa shape index (κ2) is 9.05. The third-order valence-electron chi connectivity index (χ3n) is 5.56. The van der Waals surface area contributed by atoms with Crippen LogP contribution >= 0.6 is 0 Å². The second-order valence-electron chi connectivity index (χ2n) is 7.24. The van der Waals surface area contributed by atoms with Gasteiger partial charge in [0.15, 0.2) is 0 Å². The largest absolute Gasteiger partial charge is 0.507 e. The molecule has 0 fully saturated rings. The van der Waals surface area contributed by atoms with Crippen molar-refractivity contribution in [2.75, 3.05) is 19.6 Å². The molecule has 0 amide bonds. The Labute approximate surface area is 170 Å². The van der Waals surface area contributed by atoms with Crippen molar-refractivity contribution in [1.82, 2.24) is 4.90 Å².